The second kappa shape index (κ2) is 5.44. The number of phenols is 1. The van der Waals surface area contributed by atoms with Crippen LogP contribution in [0.3, 0.4) is 0 Å². The van der Waals surface area contributed by atoms with E-state index in [0.29, 0.717) is 11.5 Å². The monoisotopic (exact) mass is 308 g/mol. The normalized spacial score (nSPS) is 17.0. The number of nitrogens with one attached hydrogen (secondary N) is 2. The number of hydrogen-bond donors (Lipinski definition) is 3. The summed E-state index contributed by atoms with van der Waals surface area (Å²) < 4.78 is 5.94. The first-order valence-corrected chi connectivity index (χ1v) is 7.55. The fraction of sp³-hybridized carbons (Fsp3) is 0.167. The Kier molecular flexibility index (Phi) is 3.28. The summed E-state index contributed by atoms with van der Waals surface area (Å²) in [6.07, 6.45) is 1.80. The summed E-state index contributed by atoms with van der Waals surface area (Å²) in [6.45, 7) is 0.784. The molecule has 0 fully saturated rings. The number of hydrogen-bond acceptors (Lipinski definition) is 4. The van der Waals surface area contributed by atoms with Gasteiger partial charge in [-0.3, -0.25) is 0 Å². The number of carbonyl (C=O) groups excluding carboxylic acids is 1. The zero-order chi connectivity index (χ0) is 15.8. The van der Waals surface area contributed by atoms with Gasteiger partial charge in [-0.1, -0.05) is 12.1 Å². The summed E-state index contributed by atoms with van der Waals surface area (Å²) in [5, 5.41) is 13.6. The van der Waals surface area contributed by atoms with E-state index in [-0.39, 0.29) is 11.8 Å². The molecule has 0 saturated heterocycles. The molecule has 0 saturated carbocycles. The highest BCUT2D eigenvalue weighted by Gasteiger charge is 2.24. The van der Waals surface area contributed by atoms with Gasteiger partial charge < -0.3 is 24.9 Å². The van der Waals surface area contributed by atoms with E-state index in [1.54, 1.807) is 24.3 Å². The van der Waals surface area contributed by atoms with Crippen molar-refractivity contribution in [1.29, 1.82) is 0 Å². The van der Waals surface area contributed by atoms with Crippen LogP contribution in [0, 0.1) is 0 Å². The predicted octanol–water partition coefficient (Wildman–Crippen LogP) is 3.05. The van der Waals surface area contributed by atoms with Gasteiger partial charge >= 0.3 is 0 Å². The molecule has 5 heteroatoms. The lowest BCUT2D eigenvalue weighted by atomic mass is 10.00. The van der Waals surface area contributed by atoms with E-state index >= 15 is 0 Å². The van der Waals surface area contributed by atoms with Crippen molar-refractivity contribution in [3.05, 3.63) is 53.7 Å². The maximum Gasteiger partial charge on any atom is 0.151 e. The molecule has 1 aromatic heterocycles. The lowest BCUT2D eigenvalue weighted by molar-refractivity contribution is -0.109. The van der Waals surface area contributed by atoms with Crippen molar-refractivity contribution < 1.29 is 14.6 Å². The topological polar surface area (TPSA) is 74.4 Å². The molecule has 3 N–H and O–H groups in total. The number of aromatic hydroxyl groups is 1. The average Bonchev–Trinajstić information content (AvgIpc) is 2.97. The maximum absolute atomic E-state index is 11.3. The van der Waals surface area contributed by atoms with Crippen LogP contribution < -0.4 is 10.1 Å². The Hall–Kier alpha value is -2.79. The van der Waals surface area contributed by atoms with Crippen molar-refractivity contribution in [2.75, 3.05) is 6.54 Å². The van der Waals surface area contributed by atoms with Crippen LogP contribution in [0.4, 0.5) is 0 Å². The van der Waals surface area contributed by atoms with Crippen molar-refractivity contribution in [1.82, 2.24) is 10.3 Å². The molecule has 23 heavy (non-hydrogen) atoms. The van der Waals surface area contributed by atoms with Crippen LogP contribution in [0.15, 0.2) is 42.5 Å². The molecular weight excluding hydrogens is 292 g/mol. The van der Waals surface area contributed by atoms with Gasteiger partial charge in [0.2, 0.25) is 0 Å². The number of aromatic nitrogens is 1. The van der Waals surface area contributed by atoms with Gasteiger partial charge in [-0.15, -0.1) is 0 Å². The second-order valence-electron chi connectivity index (χ2n) is 5.61. The number of rotatable bonds is 3. The van der Waals surface area contributed by atoms with E-state index in [4.69, 9.17) is 4.74 Å². The minimum absolute atomic E-state index is 0.200. The van der Waals surface area contributed by atoms with Crippen LogP contribution in [0.1, 0.15) is 17.3 Å². The van der Waals surface area contributed by atoms with Crippen LogP contribution in [0.2, 0.25) is 0 Å². The summed E-state index contributed by atoms with van der Waals surface area (Å²) in [7, 11) is 0. The van der Waals surface area contributed by atoms with E-state index in [0.717, 1.165) is 35.8 Å². The molecule has 5 nitrogen and oxygen atoms in total. The fourth-order valence-electron chi connectivity index (χ4n) is 3.10. The number of phenolic OH excluding ortho intramolecular Hbond substituents is 1. The Morgan fingerprint density at radius 2 is 2.00 bits per heavy atom. The highest BCUT2D eigenvalue weighted by molar-refractivity contribution is 5.91. The Bertz CT molecular complexity index is 868. The fourth-order valence-corrected chi connectivity index (χ4v) is 3.10. The van der Waals surface area contributed by atoms with Gasteiger partial charge in [0.25, 0.3) is 0 Å². The van der Waals surface area contributed by atoms with E-state index in [1.807, 2.05) is 18.2 Å². The zero-order valence-corrected chi connectivity index (χ0v) is 12.4. The lowest BCUT2D eigenvalue weighted by Gasteiger charge is -2.19. The number of benzene rings is 2. The highest BCUT2D eigenvalue weighted by atomic mass is 16.5. The van der Waals surface area contributed by atoms with Crippen LogP contribution in [0.5, 0.6) is 17.2 Å². The molecule has 0 radical (unpaired) electrons. The SMILES string of the molecule is O=CC1NCCc2c1[nH]c1c(Oc3ccc(O)cc3)cccc21. The molecular formula is C18H16N2O3. The molecule has 0 aliphatic carbocycles. The van der Waals surface area contributed by atoms with Gasteiger partial charge in [-0.2, -0.15) is 0 Å². The van der Waals surface area contributed by atoms with E-state index in [9.17, 15) is 9.90 Å². The maximum atomic E-state index is 11.3. The molecule has 1 aliphatic rings. The van der Waals surface area contributed by atoms with Crippen molar-refractivity contribution in [2.24, 2.45) is 0 Å². The van der Waals surface area contributed by atoms with E-state index < -0.39 is 0 Å². The standard InChI is InChI=1S/C18H16N2O3/c21-10-15-17-14(8-9-19-15)13-2-1-3-16(18(13)20-17)23-12-6-4-11(22)5-7-12/h1-7,10,15,19-20,22H,8-9H2. The molecule has 1 atom stereocenters. The molecule has 0 bridgehead atoms. The first kappa shape index (κ1) is 13.8. The molecule has 2 aromatic carbocycles. The first-order valence-electron chi connectivity index (χ1n) is 7.55. The molecule has 116 valence electrons. The Morgan fingerprint density at radius 1 is 1.17 bits per heavy atom. The Balaban J connectivity index is 1.80. The third-order valence-corrected chi connectivity index (χ3v) is 4.19. The summed E-state index contributed by atoms with van der Waals surface area (Å²) in [6, 6.07) is 12.2. The first-order chi connectivity index (χ1) is 11.3. The predicted molar refractivity (Wildman–Crippen MR) is 87.0 cm³/mol. The number of ether oxygens (including phenoxy) is 1. The number of carbonyl (C=O) groups is 1. The number of H-pyrrole nitrogens is 1. The molecule has 1 unspecified atom stereocenters. The van der Waals surface area contributed by atoms with Crippen LogP contribution in [0.25, 0.3) is 10.9 Å². The summed E-state index contributed by atoms with van der Waals surface area (Å²) >= 11 is 0. The number of fused-ring (bicyclic) bond motifs is 3. The summed E-state index contributed by atoms with van der Waals surface area (Å²) in [4.78, 5) is 14.6. The molecule has 1 aliphatic heterocycles. The third-order valence-electron chi connectivity index (χ3n) is 4.19. The van der Waals surface area contributed by atoms with Crippen molar-refractivity contribution in [3.63, 3.8) is 0 Å². The average molecular weight is 308 g/mol. The zero-order valence-electron chi connectivity index (χ0n) is 12.4. The lowest BCUT2D eigenvalue weighted by Crippen LogP contribution is -2.30. The van der Waals surface area contributed by atoms with Gasteiger partial charge in [0.05, 0.1) is 5.52 Å². The van der Waals surface area contributed by atoms with Crippen LogP contribution >= 0.6 is 0 Å². The quantitative estimate of drug-likeness (QED) is 0.650. The number of aldehydes is 1. The Labute approximate surface area is 132 Å². The van der Waals surface area contributed by atoms with E-state index in [1.165, 1.54) is 5.56 Å². The van der Waals surface area contributed by atoms with Gasteiger partial charge in [0, 0.05) is 17.6 Å². The minimum Gasteiger partial charge on any atom is -0.508 e. The van der Waals surface area contributed by atoms with Gasteiger partial charge in [-0.25, -0.2) is 0 Å². The Morgan fingerprint density at radius 3 is 2.78 bits per heavy atom. The van der Waals surface area contributed by atoms with Crippen LogP contribution in [-0.2, 0) is 11.2 Å². The van der Waals surface area contributed by atoms with Gasteiger partial charge in [0.15, 0.2) is 5.75 Å². The third kappa shape index (κ3) is 2.35. The van der Waals surface area contributed by atoms with Crippen molar-refractivity contribution >= 4 is 17.2 Å². The molecule has 2 heterocycles. The summed E-state index contributed by atoms with van der Waals surface area (Å²) in [5.41, 5.74) is 2.98. The van der Waals surface area contributed by atoms with Crippen molar-refractivity contribution in [2.45, 2.75) is 12.5 Å². The van der Waals surface area contributed by atoms with Crippen LogP contribution in [-0.4, -0.2) is 22.9 Å². The van der Waals surface area contributed by atoms with Crippen molar-refractivity contribution in [3.8, 4) is 17.2 Å². The number of para-hydroxylation sites is 1. The molecule has 3 aromatic rings. The minimum atomic E-state index is -0.298. The second-order valence-corrected chi connectivity index (χ2v) is 5.61. The molecule has 0 amide bonds. The van der Waals surface area contributed by atoms with Gasteiger partial charge in [-0.05, 0) is 42.3 Å². The van der Waals surface area contributed by atoms with E-state index in [2.05, 4.69) is 10.3 Å². The summed E-state index contributed by atoms with van der Waals surface area (Å²) in [5.74, 6) is 1.55. The van der Waals surface area contributed by atoms with Gasteiger partial charge in [0.1, 0.15) is 23.8 Å². The molecule has 4 rings (SSSR count). The highest BCUT2D eigenvalue weighted by Crippen LogP contribution is 2.36. The smallest absolute Gasteiger partial charge is 0.151 e. The largest absolute Gasteiger partial charge is 0.508 e. The molecule has 0 spiro atoms. The number of aromatic amines is 1.